The van der Waals surface area contributed by atoms with Gasteiger partial charge in [0.25, 0.3) is 0 Å². The lowest BCUT2D eigenvalue weighted by atomic mass is 10.0. The molecule has 0 aliphatic rings. The summed E-state index contributed by atoms with van der Waals surface area (Å²) in [5.41, 5.74) is 0. The highest BCUT2D eigenvalue weighted by Gasteiger charge is 1.94. The molecular formula is C29H58. The van der Waals surface area contributed by atoms with Crippen molar-refractivity contribution in [1.29, 1.82) is 0 Å². The Hall–Kier alpha value is -0.260. The zero-order chi connectivity index (χ0) is 21.1. The maximum Gasteiger partial charge on any atom is -0.0351 e. The van der Waals surface area contributed by atoms with Gasteiger partial charge in [-0.3, -0.25) is 0 Å². The molecule has 0 N–H and O–H groups in total. The van der Waals surface area contributed by atoms with Crippen LogP contribution in [0.2, 0.25) is 0 Å². The van der Waals surface area contributed by atoms with Crippen LogP contribution >= 0.6 is 0 Å². The van der Waals surface area contributed by atoms with Crippen molar-refractivity contribution in [3.05, 3.63) is 12.2 Å². The van der Waals surface area contributed by atoms with Crippen LogP contribution in [0.3, 0.4) is 0 Å². The third-order valence-electron chi connectivity index (χ3n) is 6.37. The lowest BCUT2D eigenvalue weighted by Crippen LogP contribution is -1.83. The summed E-state index contributed by atoms with van der Waals surface area (Å²) < 4.78 is 0. The molecule has 0 aromatic rings. The van der Waals surface area contributed by atoms with Gasteiger partial charge < -0.3 is 0 Å². The lowest BCUT2D eigenvalue weighted by molar-refractivity contribution is 0.533. The van der Waals surface area contributed by atoms with E-state index in [2.05, 4.69) is 26.0 Å². The first-order chi connectivity index (χ1) is 14.4. The number of rotatable bonds is 25. The van der Waals surface area contributed by atoms with Gasteiger partial charge in [-0.05, 0) is 25.7 Å². The van der Waals surface area contributed by atoms with Crippen LogP contribution in [0.15, 0.2) is 12.2 Å². The van der Waals surface area contributed by atoms with E-state index in [9.17, 15) is 0 Å². The van der Waals surface area contributed by atoms with Crippen LogP contribution < -0.4 is 0 Å². The van der Waals surface area contributed by atoms with E-state index in [1.54, 1.807) is 0 Å². The van der Waals surface area contributed by atoms with Crippen molar-refractivity contribution in [3.8, 4) is 0 Å². The monoisotopic (exact) mass is 406 g/mol. The van der Waals surface area contributed by atoms with Crippen molar-refractivity contribution >= 4 is 0 Å². The average Bonchev–Trinajstić information content (AvgIpc) is 2.74. The zero-order valence-electron chi connectivity index (χ0n) is 20.8. The van der Waals surface area contributed by atoms with Crippen LogP contribution in [0.25, 0.3) is 0 Å². The molecule has 0 heterocycles. The molecule has 0 unspecified atom stereocenters. The Labute approximate surface area is 186 Å². The van der Waals surface area contributed by atoms with Gasteiger partial charge in [-0.1, -0.05) is 161 Å². The molecule has 0 amide bonds. The van der Waals surface area contributed by atoms with Gasteiger partial charge >= 0.3 is 0 Å². The summed E-state index contributed by atoms with van der Waals surface area (Å²) in [5, 5.41) is 0. The molecular weight excluding hydrogens is 348 g/mol. The fourth-order valence-electron chi connectivity index (χ4n) is 4.27. The first-order valence-electron chi connectivity index (χ1n) is 14.1. The standard InChI is InChI=1S/C29H58/c1-3-5-7-9-11-13-15-17-19-21-23-25-27-29-28-26-24-22-20-18-16-14-12-10-8-6-4-2/h21,23H,3-20,22,24-29H2,1-2H3. The lowest BCUT2D eigenvalue weighted by Gasteiger charge is -2.03. The molecule has 0 saturated heterocycles. The number of hydrogen-bond donors (Lipinski definition) is 0. The Bertz CT molecular complexity index is 290. The van der Waals surface area contributed by atoms with Crippen LogP contribution in [-0.2, 0) is 0 Å². The van der Waals surface area contributed by atoms with E-state index in [0.29, 0.717) is 0 Å². The average molecular weight is 407 g/mol. The third-order valence-corrected chi connectivity index (χ3v) is 6.37. The molecule has 0 aromatic heterocycles. The van der Waals surface area contributed by atoms with Gasteiger partial charge in [0, 0.05) is 0 Å². The van der Waals surface area contributed by atoms with E-state index in [1.807, 2.05) is 0 Å². The van der Waals surface area contributed by atoms with Gasteiger partial charge in [0.05, 0.1) is 0 Å². The first-order valence-corrected chi connectivity index (χ1v) is 14.1. The van der Waals surface area contributed by atoms with Gasteiger partial charge in [-0.2, -0.15) is 0 Å². The Morgan fingerprint density at radius 2 is 0.483 bits per heavy atom. The SMILES string of the molecule is CCCCCCCCCCC=CCCCCCCCCCCCCCCCCC. The normalized spacial score (nSPS) is 11.7. The largest absolute Gasteiger partial charge is 0.0885 e. The highest BCUT2D eigenvalue weighted by molar-refractivity contribution is 4.81. The third kappa shape index (κ3) is 27.7. The molecule has 0 aliphatic heterocycles. The summed E-state index contributed by atoms with van der Waals surface area (Å²) in [6.07, 6.45) is 40.9. The molecule has 0 fully saturated rings. The predicted octanol–water partition coefficient (Wildman–Crippen LogP) is 11.3. The second-order valence-electron chi connectivity index (χ2n) is 9.47. The van der Waals surface area contributed by atoms with Crippen molar-refractivity contribution in [2.45, 2.75) is 174 Å². The van der Waals surface area contributed by atoms with E-state index in [1.165, 1.54) is 161 Å². The van der Waals surface area contributed by atoms with Crippen molar-refractivity contribution in [1.82, 2.24) is 0 Å². The van der Waals surface area contributed by atoms with Crippen molar-refractivity contribution in [3.63, 3.8) is 0 Å². The quantitative estimate of drug-likeness (QED) is 0.104. The molecule has 0 aliphatic carbocycles. The summed E-state index contributed by atoms with van der Waals surface area (Å²) in [6, 6.07) is 0. The van der Waals surface area contributed by atoms with Crippen molar-refractivity contribution < 1.29 is 0 Å². The van der Waals surface area contributed by atoms with Gasteiger partial charge in [0.1, 0.15) is 0 Å². The number of allylic oxidation sites excluding steroid dienone is 2. The van der Waals surface area contributed by atoms with E-state index in [0.717, 1.165) is 0 Å². The molecule has 0 nitrogen and oxygen atoms in total. The van der Waals surface area contributed by atoms with Gasteiger partial charge in [-0.25, -0.2) is 0 Å². The summed E-state index contributed by atoms with van der Waals surface area (Å²) in [4.78, 5) is 0. The molecule has 0 bridgehead atoms. The summed E-state index contributed by atoms with van der Waals surface area (Å²) in [7, 11) is 0. The minimum Gasteiger partial charge on any atom is -0.0885 e. The van der Waals surface area contributed by atoms with Crippen LogP contribution in [0.4, 0.5) is 0 Å². The van der Waals surface area contributed by atoms with E-state index < -0.39 is 0 Å². The van der Waals surface area contributed by atoms with Gasteiger partial charge in [-0.15, -0.1) is 0 Å². The van der Waals surface area contributed by atoms with Crippen LogP contribution in [-0.4, -0.2) is 0 Å². The summed E-state index contributed by atoms with van der Waals surface area (Å²) >= 11 is 0. The second-order valence-corrected chi connectivity index (χ2v) is 9.47. The van der Waals surface area contributed by atoms with Crippen molar-refractivity contribution in [2.24, 2.45) is 0 Å². The fraction of sp³-hybridized carbons (Fsp3) is 0.931. The zero-order valence-corrected chi connectivity index (χ0v) is 20.8. The maximum absolute atomic E-state index is 2.45. The highest BCUT2D eigenvalue weighted by Crippen LogP contribution is 2.14. The fourth-order valence-corrected chi connectivity index (χ4v) is 4.27. The van der Waals surface area contributed by atoms with E-state index >= 15 is 0 Å². The predicted molar refractivity (Wildman–Crippen MR) is 136 cm³/mol. The molecule has 0 saturated carbocycles. The molecule has 0 rings (SSSR count). The minimum absolute atomic E-state index is 1.31. The topological polar surface area (TPSA) is 0 Å². The molecule has 29 heavy (non-hydrogen) atoms. The van der Waals surface area contributed by atoms with Crippen LogP contribution in [0.1, 0.15) is 174 Å². The summed E-state index contributed by atoms with van der Waals surface area (Å²) in [5.74, 6) is 0. The number of hydrogen-bond acceptors (Lipinski definition) is 0. The molecule has 0 spiro atoms. The van der Waals surface area contributed by atoms with Crippen LogP contribution in [0.5, 0.6) is 0 Å². The Morgan fingerprint density at radius 1 is 0.276 bits per heavy atom. The van der Waals surface area contributed by atoms with E-state index in [4.69, 9.17) is 0 Å². The van der Waals surface area contributed by atoms with Gasteiger partial charge in [0.2, 0.25) is 0 Å². The maximum atomic E-state index is 2.45. The highest BCUT2D eigenvalue weighted by atomic mass is 14.0. The summed E-state index contributed by atoms with van der Waals surface area (Å²) in [6.45, 7) is 4.60. The smallest absolute Gasteiger partial charge is 0.0351 e. The second kappa shape index (κ2) is 27.7. The molecule has 174 valence electrons. The molecule has 0 radical (unpaired) electrons. The van der Waals surface area contributed by atoms with Crippen LogP contribution in [0, 0.1) is 0 Å². The minimum atomic E-state index is 1.31. The molecule has 0 atom stereocenters. The van der Waals surface area contributed by atoms with Gasteiger partial charge in [0.15, 0.2) is 0 Å². The number of unbranched alkanes of at least 4 members (excludes halogenated alkanes) is 23. The van der Waals surface area contributed by atoms with Crippen molar-refractivity contribution in [2.75, 3.05) is 0 Å². The Balaban J connectivity index is 3.05. The Kier molecular flexibility index (Phi) is 27.5. The first kappa shape index (κ1) is 28.7. The molecule has 0 heteroatoms. The molecule has 0 aromatic carbocycles. The Morgan fingerprint density at radius 3 is 0.724 bits per heavy atom. The van der Waals surface area contributed by atoms with E-state index in [-0.39, 0.29) is 0 Å².